The molecule has 21 heavy (non-hydrogen) atoms. The average molecular weight is 378 g/mol. The zero-order valence-corrected chi connectivity index (χ0v) is 13.8. The maximum atomic E-state index is 12.8. The smallest absolute Gasteiger partial charge is 0.166 e. The summed E-state index contributed by atoms with van der Waals surface area (Å²) in [4.78, 5) is 0. The molecule has 0 N–H and O–H groups in total. The Labute approximate surface area is 135 Å². The van der Waals surface area contributed by atoms with Crippen LogP contribution >= 0.6 is 27.5 Å². The normalized spacial score (nSPS) is 13.3. The Bertz CT molecular complexity index is 665. The summed E-state index contributed by atoms with van der Waals surface area (Å²) in [5, 5.41) is -0.612. The van der Waals surface area contributed by atoms with E-state index in [1.807, 2.05) is 26.0 Å². The van der Waals surface area contributed by atoms with Crippen LogP contribution in [0.3, 0.4) is 0 Å². The van der Waals surface area contributed by atoms with Crippen LogP contribution in [-0.4, -0.2) is 0 Å². The van der Waals surface area contributed by atoms with Crippen LogP contribution < -0.4 is 0 Å². The fourth-order valence-corrected chi connectivity index (χ4v) is 2.96. The first-order valence-corrected chi connectivity index (χ1v) is 7.51. The van der Waals surface area contributed by atoms with Gasteiger partial charge in [0.1, 0.15) is 0 Å². The second-order valence-electron chi connectivity index (χ2n) is 4.94. The van der Waals surface area contributed by atoms with Crippen molar-refractivity contribution in [1.29, 1.82) is 0 Å². The van der Waals surface area contributed by atoms with Crippen molar-refractivity contribution >= 4 is 27.5 Å². The van der Waals surface area contributed by atoms with Crippen LogP contribution in [0, 0.1) is 13.8 Å². The van der Waals surface area contributed by atoms with Crippen LogP contribution in [0.4, 0.5) is 13.2 Å². The van der Waals surface area contributed by atoms with E-state index in [0.717, 1.165) is 33.3 Å². The summed E-state index contributed by atoms with van der Waals surface area (Å²) in [6.07, 6.45) is -4.36. The molecule has 1 unspecified atom stereocenters. The predicted molar refractivity (Wildman–Crippen MR) is 82.8 cm³/mol. The van der Waals surface area contributed by atoms with E-state index in [9.17, 15) is 13.2 Å². The van der Waals surface area contributed by atoms with E-state index in [1.165, 1.54) is 6.07 Å². The van der Waals surface area contributed by atoms with Gasteiger partial charge in [-0.1, -0.05) is 34.1 Å². The molecule has 0 nitrogen and oxygen atoms in total. The number of hydrogen-bond acceptors (Lipinski definition) is 0. The fourth-order valence-electron chi connectivity index (χ4n) is 2.13. The lowest BCUT2D eigenvalue weighted by Gasteiger charge is -2.16. The van der Waals surface area contributed by atoms with Gasteiger partial charge < -0.3 is 0 Å². The number of benzene rings is 2. The number of aryl methyl sites for hydroxylation is 2. The molecule has 0 fully saturated rings. The summed E-state index contributed by atoms with van der Waals surface area (Å²) in [6, 6.07) is 8.98. The molecule has 0 spiro atoms. The highest BCUT2D eigenvalue weighted by atomic mass is 79.9. The molecule has 1 atom stereocenters. The molecule has 0 aliphatic heterocycles. The Kier molecular flexibility index (Phi) is 4.69. The van der Waals surface area contributed by atoms with E-state index < -0.39 is 17.1 Å². The fraction of sp³-hybridized carbons (Fsp3) is 0.250. The van der Waals surface area contributed by atoms with Crippen molar-refractivity contribution in [3.63, 3.8) is 0 Å². The van der Waals surface area contributed by atoms with Gasteiger partial charge in [0.2, 0.25) is 0 Å². The first kappa shape index (κ1) is 16.4. The topological polar surface area (TPSA) is 0 Å². The minimum Gasteiger partial charge on any atom is -0.166 e. The molecule has 2 rings (SSSR count). The minimum absolute atomic E-state index is 0.441. The quantitative estimate of drug-likeness (QED) is 0.530. The largest absolute Gasteiger partial charge is 0.416 e. The summed E-state index contributed by atoms with van der Waals surface area (Å²) in [6.45, 7) is 3.81. The molecule has 2 aromatic rings. The molecule has 2 aromatic carbocycles. The lowest BCUT2D eigenvalue weighted by atomic mass is 9.97. The van der Waals surface area contributed by atoms with Crippen LogP contribution in [0.25, 0.3) is 0 Å². The van der Waals surface area contributed by atoms with Crippen molar-refractivity contribution < 1.29 is 13.2 Å². The number of alkyl halides is 4. The SMILES string of the molecule is Cc1cc(C(Cl)c2cccc(C(F)(F)F)c2)c(C)cc1Br. The molecule has 5 heteroatoms. The molecule has 0 aromatic heterocycles. The third kappa shape index (κ3) is 3.61. The highest BCUT2D eigenvalue weighted by Gasteiger charge is 2.31. The third-order valence-electron chi connectivity index (χ3n) is 3.33. The molecule has 112 valence electrons. The molecule has 0 saturated heterocycles. The Hall–Kier alpha value is -1.00. The minimum atomic E-state index is -4.36. The van der Waals surface area contributed by atoms with Gasteiger partial charge in [0, 0.05) is 4.47 Å². The Morgan fingerprint density at radius 3 is 2.33 bits per heavy atom. The predicted octanol–water partition coefficient (Wildman–Crippen LogP) is 6.41. The zero-order valence-electron chi connectivity index (χ0n) is 11.4. The molecule has 0 aliphatic rings. The zero-order chi connectivity index (χ0) is 15.8. The molecular weight excluding hydrogens is 365 g/mol. The molecule has 0 bridgehead atoms. The van der Waals surface area contributed by atoms with Gasteiger partial charge in [-0.2, -0.15) is 13.2 Å². The number of halogens is 5. The van der Waals surface area contributed by atoms with E-state index in [4.69, 9.17) is 11.6 Å². The maximum Gasteiger partial charge on any atom is 0.416 e. The van der Waals surface area contributed by atoms with Crippen LogP contribution in [0.5, 0.6) is 0 Å². The van der Waals surface area contributed by atoms with Crippen molar-refractivity contribution in [2.75, 3.05) is 0 Å². The van der Waals surface area contributed by atoms with Crippen molar-refractivity contribution in [1.82, 2.24) is 0 Å². The number of rotatable bonds is 2. The Balaban J connectivity index is 2.45. The van der Waals surface area contributed by atoms with Gasteiger partial charge in [-0.25, -0.2) is 0 Å². The van der Waals surface area contributed by atoms with E-state index >= 15 is 0 Å². The van der Waals surface area contributed by atoms with Gasteiger partial charge in [-0.05, 0) is 54.3 Å². The van der Waals surface area contributed by atoms with Gasteiger partial charge in [-0.15, -0.1) is 11.6 Å². The molecule has 0 heterocycles. The van der Waals surface area contributed by atoms with Gasteiger partial charge in [0.25, 0.3) is 0 Å². The highest BCUT2D eigenvalue weighted by Crippen LogP contribution is 2.36. The molecule has 0 saturated carbocycles. The molecule has 0 aliphatic carbocycles. The van der Waals surface area contributed by atoms with Crippen molar-refractivity contribution in [3.8, 4) is 0 Å². The van der Waals surface area contributed by atoms with Crippen molar-refractivity contribution in [2.45, 2.75) is 25.4 Å². The van der Waals surface area contributed by atoms with Gasteiger partial charge in [0.05, 0.1) is 10.9 Å². The van der Waals surface area contributed by atoms with Crippen molar-refractivity contribution in [2.24, 2.45) is 0 Å². The average Bonchev–Trinajstić information content (AvgIpc) is 2.41. The van der Waals surface area contributed by atoms with E-state index in [-0.39, 0.29) is 0 Å². The Morgan fingerprint density at radius 1 is 1.05 bits per heavy atom. The van der Waals surface area contributed by atoms with Gasteiger partial charge in [0.15, 0.2) is 0 Å². The van der Waals surface area contributed by atoms with E-state index in [0.29, 0.717) is 5.56 Å². The summed E-state index contributed by atoms with van der Waals surface area (Å²) in [5.74, 6) is 0. The van der Waals surface area contributed by atoms with Crippen LogP contribution in [0.15, 0.2) is 40.9 Å². The molecule has 0 amide bonds. The summed E-state index contributed by atoms with van der Waals surface area (Å²) >= 11 is 9.83. The van der Waals surface area contributed by atoms with Crippen LogP contribution in [0.2, 0.25) is 0 Å². The molecular formula is C16H13BrClF3. The lowest BCUT2D eigenvalue weighted by Crippen LogP contribution is -2.06. The van der Waals surface area contributed by atoms with E-state index in [1.54, 1.807) is 6.07 Å². The standard InChI is InChI=1S/C16H13BrClF3/c1-9-7-14(17)10(2)6-13(9)15(18)11-4-3-5-12(8-11)16(19,20)21/h3-8,15H,1-2H3. The van der Waals surface area contributed by atoms with E-state index in [2.05, 4.69) is 15.9 Å². The second kappa shape index (κ2) is 6.01. The first-order chi connectivity index (χ1) is 9.70. The van der Waals surface area contributed by atoms with Crippen LogP contribution in [-0.2, 0) is 6.18 Å². The van der Waals surface area contributed by atoms with Gasteiger partial charge in [-0.3, -0.25) is 0 Å². The second-order valence-corrected chi connectivity index (χ2v) is 6.23. The van der Waals surface area contributed by atoms with Crippen LogP contribution in [0.1, 0.15) is 33.2 Å². The highest BCUT2D eigenvalue weighted by molar-refractivity contribution is 9.10. The first-order valence-electron chi connectivity index (χ1n) is 6.28. The third-order valence-corrected chi connectivity index (χ3v) is 4.67. The maximum absolute atomic E-state index is 12.8. The lowest BCUT2D eigenvalue weighted by molar-refractivity contribution is -0.137. The summed E-state index contributed by atoms with van der Waals surface area (Å²) < 4.78 is 39.3. The molecule has 0 radical (unpaired) electrons. The summed E-state index contributed by atoms with van der Waals surface area (Å²) in [7, 11) is 0. The Morgan fingerprint density at radius 2 is 1.71 bits per heavy atom. The number of hydrogen-bond donors (Lipinski definition) is 0. The monoisotopic (exact) mass is 376 g/mol. The summed E-state index contributed by atoms with van der Waals surface area (Å²) in [5.41, 5.74) is 2.50. The van der Waals surface area contributed by atoms with Gasteiger partial charge >= 0.3 is 6.18 Å². The van der Waals surface area contributed by atoms with Crippen molar-refractivity contribution in [3.05, 3.63) is 68.7 Å².